The van der Waals surface area contributed by atoms with Crippen LogP contribution in [0.3, 0.4) is 0 Å². The first-order valence-corrected chi connectivity index (χ1v) is 13.4. The molecular weight excluding hydrogens is 376 g/mol. The highest BCUT2D eigenvalue weighted by molar-refractivity contribution is 5.15. The molecule has 1 aromatic carbocycles. The second-order valence-corrected chi connectivity index (χ2v) is 9.68. The van der Waals surface area contributed by atoms with E-state index in [0.717, 1.165) is 6.42 Å². The summed E-state index contributed by atoms with van der Waals surface area (Å²) in [5.41, 5.74) is 1.46. The molecule has 0 aliphatic heterocycles. The van der Waals surface area contributed by atoms with E-state index in [0.29, 0.717) is 12.0 Å². The van der Waals surface area contributed by atoms with Gasteiger partial charge >= 0.3 is 0 Å². The van der Waals surface area contributed by atoms with Gasteiger partial charge in [0.1, 0.15) is 18.4 Å². The maximum atomic E-state index is 3.24. The first-order chi connectivity index (χ1) is 15.3. The minimum atomic E-state index is 0.587. The molecule has 2 unspecified atom stereocenters. The molecule has 2 atom stereocenters. The van der Waals surface area contributed by atoms with E-state index in [1.807, 2.05) is 6.20 Å². The summed E-state index contributed by atoms with van der Waals surface area (Å²) < 4.78 is 2.40. The molecule has 31 heavy (non-hydrogen) atoms. The summed E-state index contributed by atoms with van der Waals surface area (Å²) in [6.07, 6.45) is 28.8. The number of imidazole rings is 1. The largest absolute Gasteiger partial charge is 0.250 e. The van der Waals surface area contributed by atoms with Crippen LogP contribution in [0.2, 0.25) is 0 Å². The van der Waals surface area contributed by atoms with Gasteiger partial charge < -0.3 is 0 Å². The van der Waals surface area contributed by atoms with E-state index in [9.17, 15) is 0 Å². The maximum absolute atomic E-state index is 3.24. The van der Waals surface area contributed by atoms with Gasteiger partial charge in [0.2, 0.25) is 6.33 Å². The fraction of sp³-hybridized carbons (Fsp3) is 0.690. The van der Waals surface area contributed by atoms with Crippen molar-refractivity contribution in [2.45, 2.75) is 123 Å². The summed E-state index contributed by atoms with van der Waals surface area (Å²) in [7, 11) is 0. The van der Waals surface area contributed by atoms with Crippen molar-refractivity contribution < 1.29 is 4.57 Å². The fourth-order valence-electron chi connectivity index (χ4n) is 4.90. The molecule has 1 aromatic heterocycles. The Morgan fingerprint density at radius 1 is 0.742 bits per heavy atom. The number of hydrogen-bond donors (Lipinski definition) is 1. The number of H-pyrrole nitrogens is 1. The Kier molecular flexibility index (Phi) is 14.1. The first-order valence-electron chi connectivity index (χ1n) is 13.4. The monoisotopic (exact) mass is 425 g/mol. The number of hydrogen-bond acceptors (Lipinski definition) is 0. The Bertz CT molecular complexity index is 619. The van der Waals surface area contributed by atoms with E-state index in [1.54, 1.807) is 0 Å². The average Bonchev–Trinajstić information content (AvgIpc) is 3.31. The SMILES string of the molecule is CCCCCCCCCCCCCCCCC(C(C)Cc1ccccc1)[n+]1cc[nH]c1. The number of unbranched alkanes of at least 4 members (excludes halogenated alkanes) is 13. The Hall–Kier alpha value is -1.57. The van der Waals surface area contributed by atoms with E-state index in [4.69, 9.17) is 0 Å². The minimum Gasteiger partial charge on any atom is -0.250 e. The molecule has 174 valence electrons. The van der Waals surface area contributed by atoms with Crippen molar-refractivity contribution >= 4 is 0 Å². The van der Waals surface area contributed by atoms with Crippen LogP contribution in [0.4, 0.5) is 0 Å². The number of rotatable bonds is 19. The number of aromatic amines is 1. The molecule has 2 heteroatoms. The van der Waals surface area contributed by atoms with Gasteiger partial charge in [-0.25, -0.2) is 4.57 Å². The molecule has 2 nitrogen and oxygen atoms in total. The predicted octanol–water partition coefficient (Wildman–Crippen LogP) is 8.59. The molecule has 0 fully saturated rings. The van der Waals surface area contributed by atoms with Crippen LogP contribution in [0.5, 0.6) is 0 Å². The highest BCUT2D eigenvalue weighted by Crippen LogP contribution is 2.23. The number of nitrogens with zero attached hydrogens (tertiary/aromatic N) is 1. The lowest BCUT2D eigenvalue weighted by molar-refractivity contribution is -0.729. The number of aromatic nitrogens is 2. The lowest BCUT2D eigenvalue weighted by Gasteiger charge is -2.21. The number of nitrogens with one attached hydrogen (secondary N) is 1. The second kappa shape index (κ2) is 17.0. The topological polar surface area (TPSA) is 19.7 Å². The van der Waals surface area contributed by atoms with Crippen molar-refractivity contribution in [1.29, 1.82) is 0 Å². The van der Waals surface area contributed by atoms with Crippen LogP contribution in [0.1, 0.15) is 122 Å². The van der Waals surface area contributed by atoms with Gasteiger partial charge in [0, 0.05) is 5.92 Å². The molecule has 0 saturated carbocycles. The quantitative estimate of drug-likeness (QED) is 0.172. The van der Waals surface area contributed by atoms with E-state index < -0.39 is 0 Å². The third-order valence-corrected chi connectivity index (χ3v) is 6.86. The van der Waals surface area contributed by atoms with Crippen molar-refractivity contribution in [1.82, 2.24) is 4.98 Å². The van der Waals surface area contributed by atoms with Crippen LogP contribution in [0, 0.1) is 5.92 Å². The summed E-state index contributed by atoms with van der Waals surface area (Å²) in [5, 5.41) is 0. The molecule has 0 spiro atoms. The smallest absolute Gasteiger partial charge is 0.241 e. The van der Waals surface area contributed by atoms with Crippen LogP contribution in [0.25, 0.3) is 0 Å². The normalized spacial score (nSPS) is 13.4. The van der Waals surface area contributed by atoms with E-state index in [2.05, 4.69) is 66.3 Å². The predicted molar refractivity (Wildman–Crippen MR) is 134 cm³/mol. The maximum Gasteiger partial charge on any atom is 0.241 e. The molecule has 0 amide bonds. The van der Waals surface area contributed by atoms with Crippen molar-refractivity contribution in [3.05, 3.63) is 54.6 Å². The summed E-state index contributed by atoms with van der Waals surface area (Å²) >= 11 is 0. The van der Waals surface area contributed by atoms with Gasteiger partial charge in [-0.2, -0.15) is 0 Å². The molecule has 0 radical (unpaired) electrons. The van der Waals surface area contributed by atoms with E-state index in [1.165, 1.54) is 102 Å². The Morgan fingerprint density at radius 3 is 1.81 bits per heavy atom. The van der Waals surface area contributed by atoms with Crippen LogP contribution < -0.4 is 4.57 Å². The zero-order valence-corrected chi connectivity index (χ0v) is 20.5. The third-order valence-electron chi connectivity index (χ3n) is 6.86. The lowest BCUT2D eigenvalue weighted by atomic mass is 9.90. The van der Waals surface area contributed by atoms with Crippen LogP contribution >= 0.6 is 0 Å². The molecular formula is C29H49N2+. The highest BCUT2D eigenvalue weighted by atomic mass is 15.1. The average molecular weight is 426 g/mol. The second-order valence-electron chi connectivity index (χ2n) is 9.68. The first kappa shape index (κ1) is 25.7. The zero-order valence-electron chi connectivity index (χ0n) is 20.5. The highest BCUT2D eigenvalue weighted by Gasteiger charge is 2.23. The van der Waals surface area contributed by atoms with E-state index >= 15 is 0 Å². The summed E-state index contributed by atoms with van der Waals surface area (Å²) in [6, 6.07) is 11.6. The van der Waals surface area contributed by atoms with Gasteiger partial charge in [0.15, 0.2) is 0 Å². The van der Waals surface area contributed by atoms with E-state index in [-0.39, 0.29) is 0 Å². The van der Waals surface area contributed by atoms with Gasteiger partial charge in [-0.3, -0.25) is 4.98 Å². The number of benzene rings is 1. The summed E-state index contributed by atoms with van der Waals surface area (Å²) in [5.74, 6) is 0.644. The lowest BCUT2D eigenvalue weighted by Crippen LogP contribution is -2.41. The Morgan fingerprint density at radius 2 is 1.29 bits per heavy atom. The van der Waals surface area contributed by atoms with Crippen molar-refractivity contribution in [3.8, 4) is 0 Å². The van der Waals surface area contributed by atoms with Crippen molar-refractivity contribution in [3.63, 3.8) is 0 Å². The molecule has 0 saturated heterocycles. The van der Waals surface area contributed by atoms with Crippen LogP contribution in [0.15, 0.2) is 49.1 Å². The Labute approximate surface area is 192 Å². The van der Waals surface area contributed by atoms with Gasteiger partial charge in [0.25, 0.3) is 0 Å². The molecule has 0 aliphatic carbocycles. The Balaban J connectivity index is 1.53. The van der Waals surface area contributed by atoms with Gasteiger partial charge in [-0.15, -0.1) is 0 Å². The molecule has 0 aliphatic rings. The van der Waals surface area contributed by atoms with Gasteiger partial charge in [-0.1, -0.05) is 128 Å². The van der Waals surface area contributed by atoms with Crippen molar-refractivity contribution in [2.75, 3.05) is 0 Å². The fourth-order valence-corrected chi connectivity index (χ4v) is 4.90. The summed E-state index contributed by atoms with van der Waals surface area (Å²) in [4.78, 5) is 3.24. The van der Waals surface area contributed by atoms with Crippen LogP contribution in [-0.4, -0.2) is 4.98 Å². The van der Waals surface area contributed by atoms with Gasteiger partial charge in [0.05, 0.1) is 0 Å². The molecule has 2 rings (SSSR count). The van der Waals surface area contributed by atoms with Crippen molar-refractivity contribution in [2.24, 2.45) is 5.92 Å². The standard InChI is InChI=1S/C29H48N2/c1-3-4-5-6-7-8-9-10-11-12-13-14-15-19-22-29(31-24-23-30-26-31)27(2)25-28-20-17-16-18-21-28/h16-18,20-21,23-24,26-27,29H,3-15,19,22,25H2,1-2H3/p+1. The summed E-state index contributed by atoms with van der Waals surface area (Å²) in [6.45, 7) is 4.72. The van der Waals surface area contributed by atoms with Crippen LogP contribution in [-0.2, 0) is 6.42 Å². The zero-order chi connectivity index (χ0) is 22.0. The minimum absolute atomic E-state index is 0.587. The molecule has 1 N–H and O–H groups in total. The molecule has 2 aromatic rings. The molecule has 0 bridgehead atoms. The third kappa shape index (κ3) is 11.6. The molecule has 1 heterocycles. The van der Waals surface area contributed by atoms with Gasteiger partial charge in [-0.05, 0) is 24.8 Å².